The molecule has 6 heteroatoms. The quantitative estimate of drug-likeness (QED) is 0.851. The molecule has 2 rings (SSSR count). The van der Waals surface area contributed by atoms with Crippen LogP contribution in [0.15, 0.2) is 29.1 Å². The number of anilines is 1. The van der Waals surface area contributed by atoms with Gasteiger partial charge in [0.25, 0.3) is 5.56 Å². The second-order valence-electron chi connectivity index (χ2n) is 3.95. The first-order valence-electron chi connectivity index (χ1n) is 5.62. The summed E-state index contributed by atoms with van der Waals surface area (Å²) in [5, 5.41) is 18.4. The molecule has 1 aromatic carbocycles. The number of nitrogens with zero attached hydrogens (tertiary/aromatic N) is 2. The van der Waals surface area contributed by atoms with Gasteiger partial charge in [-0.05, 0) is 17.7 Å². The Bertz CT molecular complexity index is 809. The van der Waals surface area contributed by atoms with Gasteiger partial charge in [-0.15, -0.1) is 0 Å². The molecule has 0 aliphatic heterocycles. The van der Waals surface area contributed by atoms with E-state index in [1.54, 1.807) is 24.3 Å². The van der Waals surface area contributed by atoms with Gasteiger partial charge in [0.1, 0.15) is 34.8 Å². The summed E-state index contributed by atoms with van der Waals surface area (Å²) in [4.78, 5) is 14.1. The average molecular weight is 266 g/mol. The summed E-state index contributed by atoms with van der Waals surface area (Å²) < 4.78 is 5.10. The topological polar surface area (TPSA) is 116 Å². The van der Waals surface area contributed by atoms with Crippen LogP contribution < -0.4 is 16.0 Å². The van der Waals surface area contributed by atoms with Crippen molar-refractivity contribution in [2.24, 2.45) is 0 Å². The highest BCUT2D eigenvalue weighted by atomic mass is 16.5. The molecule has 0 fully saturated rings. The minimum atomic E-state index is -0.623. The van der Waals surface area contributed by atoms with Gasteiger partial charge >= 0.3 is 0 Å². The second kappa shape index (κ2) is 5.17. The van der Waals surface area contributed by atoms with E-state index < -0.39 is 5.56 Å². The summed E-state index contributed by atoms with van der Waals surface area (Å²) in [5.74, 6) is 0.489. The van der Waals surface area contributed by atoms with Gasteiger partial charge in [-0.25, -0.2) is 0 Å². The number of pyridine rings is 1. The Morgan fingerprint density at radius 1 is 1.25 bits per heavy atom. The Morgan fingerprint density at radius 3 is 2.55 bits per heavy atom. The molecule has 0 unspecified atom stereocenters. The van der Waals surface area contributed by atoms with Crippen molar-refractivity contribution in [1.29, 1.82) is 10.5 Å². The fourth-order valence-electron chi connectivity index (χ4n) is 1.91. The molecule has 20 heavy (non-hydrogen) atoms. The number of ether oxygens (including phenoxy) is 1. The van der Waals surface area contributed by atoms with Crippen LogP contribution in [-0.2, 0) is 0 Å². The lowest BCUT2D eigenvalue weighted by atomic mass is 9.96. The molecule has 0 radical (unpaired) electrons. The highest BCUT2D eigenvalue weighted by Gasteiger charge is 2.18. The van der Waals surface area contributed by atoms with Gasteiger partial charge in [-0.2, -0.15) is 10.5 Å². The molecule has 2 aromatic rings. The Labute approximate surface area is 114 Å². The number of hydrogen-bond donors (Lipinski definition) is 2. The molecule has 6 nitrogen and oxygen atoms in total. The van der Waals surface area contributed by atoms with E-state index in [0.29, 0.717) is 11.3 Å². The van der Waals surface area contributed by atoms with E-state index in [2.05, 4.69) is 4.98 Å². The van der Waals surface area contributed by atoms with Gasteiger partial charge in [0.05, 0.1) is 7.11 Å². The third kappa shape index (κ3) is 2.06. The molecular formula is C14H10N4O2. The van der Waals surface area contributed by atoms with E-state index in [1.807, 2.05) is 12.1 Å². The van der Waals surface area contributed by atoms with Crippen LogP contribution in [0.2, 0.25) is 0 Å². The van der Waals surface area contributed by atoms with Crippen LogP contribution in [0.5, 0.6) is 5.75 Å². The van der Waals surface area contributed by atoms with Gasteiger partial charge in [-0.3, -0.25) is 4.79 Å². The number of aromatic nitrogens is 1. The number of nitrogens with two attached hydrogens (primary N) is 1. The number of rotatable bonds is 2. The molecule has 3 N–H and O–H groups in total. The summed E-state index contributed by atoms with van der Waals surface area (Å²) in [6.07, 6.45) is 0. The zero-order valence-corrected chi connectivity index (χ0v) is 10.6. The van der Waals surface area contributed by atoms with Gasteiger partial charge in [-0.1, -0.05) is 12.1 Å². The smallest absolute Gasteiger partial charge is 0.268 e. The lowest BCUT2D eigenvalue weighted by molar-refractivity contribution is 0.415. The Kier molecular flexibility index (Phi) is 3.41. The maximum absolute atomic E-state index is 11.8. The second-order valence-corrected chi connectivity index (χ2v) is 3.95. The zero-order valence-electron chi connectivity index (χ0n) is 10.6. The molecule has 0 aliphatic rings. The van der Waals surface area contributed by atoms with Crippen molar-refractivity contribution in [3.8, 4) is 29.0 Å². The summed E-state index contributed by atoms with van der Waals surface area (Å²) in [6, 6.07) is 10.5. The molecule has 0 bridgehead atoms. The number of H-pyrrole nitrogens is 1. The monoisotopic (exact) mass is 266 g/mol. The van der Waals surface area contributed by atoms with Crippen LogP contribution in [0.3, 0.4) is 0 Å². The predicted molar refractivity (Wildman–Crippen MR) is 72.9 cm³/mol. The van der Waals surface area contributed by atoms with Crippen LogP contribution in [0, 0.1) is 22.7 Å². The van der Waals surface area contributed by atoms with Crippen molar-refractivity contribution in [3.05, 3.63) is 45.7 Å². The van der Waals surface area contributed by atoms with Crippen molar-refractivity contribution < 1.29 is 4.74 Å². The third-order valence-electron chi connectivity index (χ3n) is 2.83. The van der Waals surface area contributed by atoms with Gasteiger partial charge < -0.3 is 15.5 Å². The number of hydrogen-bond acceptors (Lipinski definition) is 5. The summed E-state index contributed by atoms with van der Waals surface area (Å²) >= 11 is 0. The van der Waals surface area contributed by atoms with Gasteiger partial charge in [0.2, 0.25) is 0 Å². The molecule has 0 atom stereocenters. The molecule has 98 valence electrons. The maximum Gasteiger partial charge on any atom is 0.268 e. The van der Waals surface area contributed by atoms with E-state index in [-0.39, 0.29) is 22.5 Å². The van der Waals surface area contributed by atoms with Crippen molar-refractivity contribution in [2.45, 2.75) is 0 Å². The highest BCUT2D eigenvalue weighted by Crippen LogP contribution is 2.30. The molecule has 1 aromatic heterocycles. The van der Waals surface area contributed by atoms with E-state index in [1.165, 1.54) is 7.11 Å². The van der Waals surface area contributed by atoms with Crippen LogP contribution in [-0.4, -0.2) is 12.1 Å². The molecule has 0 saturated heterocycles. The summed E-state index contributed by atoms with van der Waals surface area (Å²) in [7, 11) is 1.50. The number of nitrogen functional groups attached to an aromatic ring is 1. The summed E-state index contributed by atoms with van der Waals surface area (Å²) in [5.41, 5.74) is 5.68. The SMILES string of the molecule is COc1cccc(-c2c(C#N)c(N)[nH]c(=O)c2C#N)c1. The first kappa shape index (κ1) is 13.2. The standard InChI is InChI=1S/C14H10N4O2/c1-20-9-4-2-3-8(5-9)12-10(6-15)13(17)18-14(19)11(12)7-16/h2-5H,1H3,(H3,17,18,19). The minimum absolute atomic E-state index is 0.0608. The molecule has 0 amide bonds. The molecular weight excluding hydrogens is 256 g/mol. The van der Waals surface area contributed by atoms with Gasteiger partial charge in [0.15, 0.2) is 0 Å². The van der Waals surface area contributed by atoms with Crippen molar-refractivity contribution in [2.75, 3.05) is 12.8 Å². The third-order valence-corrected chi connectivity index (χ3v) is 2.83. The Balaban J connectivity index is 2.88. The van der Waals surface area contributed by atoms with E-state index in [9.17, 15) is 10.1 Å². The molecule has 0 spiro atoms. The molecule has 0 aliphatic carbocycles. The number of methoxy groups -OCH3 is 1. The van der Waals surface area contributed by atoms with Gasteiger partial charge in [0, 0.05) is 5.56 Å². The number of nitriles is 2. The Morgan fingerprint density at radius 2 is 1.95 bits per heavy atom. The largest absolute Gasteiger partial charge is 0.497 e. The van der Waals surface area contributed by atoms with Crippen LogP contribution in [0.25, 0.3) is 11.1 Å². The normalized spacial score (nSPS) is 9.55. The van der Waals surface area contributed by atoms with Crippen molar-refractivity contribution >= 4 is 5.82 Å². The maximum atomic E-state index is 11.8. The average Bonchev–Trinajstić information content (AvgIpc) is 2.46. The lowest BCUT2D eigenvalue weighted by Gasteiger charge is -2.09. The van der Waals surface area contributed by atoms with Crippen molar-refractivity contribution in [3.63, 3.8) is 0 Å². The van der Waals surface area contributed by atoms with E-state index in [0.717, 1.165) is 0 Å². The molecule has 0 saturated carbocycles. The highest BCUT2D eigenvalue weighted by molar-refractivity contribution is 5.80. The minimum Gasteiger partial charge on any atom is -0.497 e. The first-order chi connectivity index (χ1) is 9.62. The fourth-order valence-corrected chi connectivity index (χ4v) is 1.91. The predicted octanol–water partition coefficient (Wildman–Crippen LogP) is 1.38. The van der Waals surface area contributed by atoms with E-state index in [4.69, 9.17) is 15.7 Å². The van der Waals surface area contributed by atoms with Crippen LogP contribution in [0.1, 0.15) is 11.1 Å². The Hall–Kier alpha value is -3.25. The summed E-state index contributed by atoms with van der Waals surface area (Å²) in [6.45, 7) is 0. The number of nitrogens with one attached hydrogen (secondary N) is 1. The fraction of sp³-hybridized carbons (Fsp3) is 0.0714. The first-order valence-corrected chi connectivity index (χ1v) is 5.62. The zero-order chi connectivity index (χ0) is 14.7. The lowest BCUT2D eigenvalue weighted by Crippen LogP contribution is -2.16. The van der Waals surface area contributed by atoms with Crippen LogP contribution in [0.4, 0.5) is 5.82 Å². The molecule has 1 heterocycles. The van der Waals surface area contributed by atoms with E-state index >= 15 is 0 Å². The number of aromatic amines is 1. The number of benzene rings is 1. The van der Waals surface area contributed by atoms with Crippen molar-refractivity contribution in [1.82, 2.24) is 4.98 Å². The van der Waals surface area contributed by atoms with Crippen LogP contribution >= 0.6 is 0 Å².